The van der Waals surface area contributed by atoms with Gasteiger partial charge in [0.25, 0.3) is 0 Å². The summed E-state index contributed by atoms with van der Waals surface area (Å²) in [5.41, 5.74) is 1.56. The van der Waals surface area contributed by atoms with Crippen molar-refractivity contribution in [1.82, 2.24) is 0 Å². The standard InChI is InChI=1S/C16H12O2/c17-13-15-8-4-10-16(12-15)18-11-5-9-14-6-2-1-3-7-14/h1-4,6-8,10,12-13H,11H2. The molecule has 0 radical (unpaired) electrons. The maximum Gasteiger partial charge on any atom is 0.150 e. The second kappa shape index (κ2) is 6.27. The number of carbonyl (C=O) groups is 1. The van der Waals surface area contributed by atoms with Gasteiger partial charge in [-0.15, -0.1) is 0 Å². The Morgan fingerprint density at radius 1 is 1.06 bits per heavy atom. The molecule has 2 aromatic rings. The zero-order valence-electron chi connectivity index (χ0n) is 9.80. The minimum absolute atomic E-state index is 0.303. The molecular weight excluding hydrogens is 224 g/mol. The van der Waals surface area contributed by atoms with E-state index < -0.39 is 0 Å². The Kier molecular flexibility index (Phi) is 4.16. The molecule has 0 atom stereocenters. The monoisotopic (exact) mass is 236 g/mol. The van der Waals surface area contributed by atoms with Crippen molar-refractivity contribution in [1.29, 1.82) is 0 Å². The van der Waals surface area contributed by atoms with Gasteiger partial charge in [0.2, 0.25) is 0 Å². The third-order valence-electron chi connectivity index (χ3n) is 2.31. The van der Waals surface area contributed by atoms with Gasteiger partial charge in [-0.2, -0.15) is 0 Å². The molecule has 0 heterocycles. The first-order valence-electron chi connectivity index (χ1n) is 5.60. The Morgan fingerprint density at radius 3 is 2.67 bits per heavy atom. The normalized spacial score (nSPS) is 9.11. The molecule has 0 aliphatic heterocycles. The van der Waals surface area contributed by atoms with Crippen LogP contribution in [0.5, 0.6) is 5.75 Å². The molecule has 0 N–H and O–H groups in total. The highest BCUT2D eigenvalue weighted by molar-refractivity contribution is 5.75. The van der Waals surface area contributed by atoms with Gasteiger partial charge in [0.15, 0.2) is 0 Å². The molecule has 18 heavy (non-hydrogen) atoms. The number of benzene rings is 2. The number of rotatable bonds is 3. The van der Waals surface area contributed by atoms with Crippen LogP contribution in [0.1, 0.15) is 15.9 Å². The molecule has 88 valence electrons. The summed E-state index contributed by atoms with van der Waals surface area (Å²) in [6.45, 7) is 0.303. The highest BCUT2D eigenvalue weighted by Gasteiger charge is 1.93. The Labute approximate surface area is 106 Å². The predicted octanol–water partition coefficient (Wildman–Crippen LogP) is 2.93. The second-order valence-corrected chi connectivity index (χ2v) is 3.65. The van der Waals surface area contributed by atoms with E-state index in [1.165, 1.54) is 0 Å². The fourth-order valence-electron chi connectivity index (χ4n) is 1.46. The molecule has 2 nitrogen and oxygen atoms in total. The van der Waals surface area contributed by atoms with E-state index in [4.69, 9.17) is 4.74 Å². The summed E-state index contributed by atoms with van der Waals surface area (Å²) in [5.74, 6) is 6.58. The second-order valence-electron chi connectivity index (χ2n) is 3.65. The van der Waals surface area contributed by atoms with Crippen LogP contribution in [0.15, 0.2) is 54.6 Å². The third-order valence-corrected chi connectivity index (χ3v) is 2.31. The minimum Gasteiger partial charge on any atom is -0.481 e. The van der Waals surface area contributed by atoms with Gasteiger partial charge in [-0.05, 0) is 24.3 Å². The van der Waals surface area contributed by atoms with Crippen LogP contribution in [0, 0.1) is 11.8 Å². The first-order valence-corrected chi connectivity index (χ1v) is 5.60. The summed E-state index contributed by atoms with van der Waals surface area (Å²) >= 11 is 0. The Hall–Kier alpha value is -2.53. The van der Waals surface area contributed by atoms with E-state index in [1.54, 1.807) is 24.3 Å². The van der Waals surface area contributed by atoms with Crippen LogP contribution < -0.4 is 4.74 Å². The molecule has 0 aromatic heterocycles. The molecule has 2 rings (SSSR count). The molecule has 0 saturated carbocycles. The fraction of sp³-hybridized carbons (Fsp3) is 0.0625. The van der Waals surface area contributed by atoms with Crippen molar-refractivity contribution in [3.05, 3.63) is 65.7 Å². The van der Waals surface area contributed by atoms with E-state index in [0.717, 1.165) is 11.8 Å². The van der Waals surface area contributed by atoms with Crippen LogP contribution in [0.4, 0.5) is 0 Å². The van der Waals surface area contributed by atoms with Crippen molar-refractivity contribution in [2.24, 2.45) is 0 Å². The summed E-state index contributed by atoms with van der Waals surface area (Å²) in [7, 11) is 0. The van der Waals surface area contributed by atoms with Crippen LogP contribution >= 0.6 is 0 Å². The largest absolute Gasteiger partial charge is 0.481 e. The molecule has 0 spiro atoms. The van der Waals surface area contributed by atoms with Crippen molar-refractivity contribution >= 4 is 6.29 Å². The van der Waals surface area contributed by atoms with Gasteiger partial charge in [-0.3, -0.25) is 4.79 Å². The van der Waals surface area contributed by atoms with Crippen molar-refractivity contribution < 1.29 is 9.53 Å². The quantitative estimate of drug-likeness (QED) is 0.605. The van der Waals surface area contributed by atoms with E-state index in [0.29, 0.717) is 17.9 Å². The maximum absolute atomic E-state index is 10.6. The Balaban J connectivity index is 1.92. The number of aldehydes is 1. The van der Waals surface area contributed by atoms with E-state index in [2.05, 4.69) is 11.8 Å². The molecule has 0 amide bonds. The van der Waals surface area contributed by atoms with Gasteiger partial charge in [-0.25, -0.2) is 0 Å². The van der Waals surface area contributed by atoms with Crippen molar-refractivity contribution in [2.75, 3.05) is 6.61 Å². The summed E-state index contributed by atoms with van der Waals surface area (Å²) in [6, 6.07) is 16.7. The van der Waals surface area contributed by atoms with Gasteiger partial charge < -0.3 is 4.74 Å². The average Bonchev–Trinajstić information content (AvgIpc) is 2.45. The molecule has 2 heteroatoms. The maximum atomic E-state index is 10.6. The van der Waals surface area contributed by atoms with E-state index in [1.807, 2.05) is 30.3 Å². The van der Waals surface area contributed by atoms with Gasteiger partial charge in [0.05, 0.1) is 0 Å². The summed E-state index contributed by atoms with van der Waals surface area (Å²) < 4.78 is 5.44. The predicted molar refractivity (Wildman–Crippen MR) is 70.6 cm³/mol. The van der Waals surface area contributed by atoms with Crippen LogP contribution in [0.3, 0.4) is 0 Å². The highest BCUT2D eigenvalue weighted by atomic mass is 16.5. The average molecular weight is 236 g/mol. The molecule has 0 aliphatic rings. The fourth-order valence-corrected chi connectivity index (χ4v) is 1.46. The number of hydrogen-bond donors (Lipinski definition) is 0. The number of hydrogen-bond acceptors (Lipinski definition) is 2. The van der Waals surface area contributed by atoms with Crippen molar-refractivity contribution in [3.63, 3.8) is 0 Å². The third kappa shape index (κ3) is 3.50. The van der Waals surface area contributed by atoms with Gasteiger partial charge >= 0.3 is 0 Å². The van der Waals surface area contributed by atoms with Crippen LogP contribution in [0.2, 0.25) is 0 Å². The van der Waals surface area contributed by atoms with Gasteiger partial charge in [0, 0.05) is 11.1 Å². The van der Waals surface area contributed by atoms with E-state index in [9.17, 15) is 4.79 Å². The van der Waals surface area contributed by atoms with Crippen LogP contribution in [-0.2, 0) is 0 Å². The minimum atomic E-state index is 0.303. The zero-order valence-corrected chi connectivity index (χ0v) is 9.80. The number of carbonyl (C=O) groups excluding carboxylic acids is 1. The smallest absolute Gasteiger partial charge is 0.150 e. The molecule has 0 unspecified atom stereocenters. The van der Waals surface area contributed by atoms with Crippen molar-refractivity contribution in [3.8, 4) is 17.6 Å². The van der Waals surface area contributed by atoms with Gasteiger partial charge in [0.1, 0.15) is 18.6 Å². The Morgan fingerprint density at radius 2 is 1.89 bits per heavy atom. The SMILES string of the molecule is O=Cc1cccc(OCC#Cc2ccccc2)c1. The lowest BCUT2D eigenvalue weighted by molar-refractivity contribution is 0.112. The highest BCUT2D eigenvalue weighted by Crippen LogP contribution is 2.11. The first-order chi connectivity index (χ1) is 8.88. The van der Waals surface area contributed by atoms with E-state index in [-0.39, 0.29) is 0 Å². The molecule has 0 aliphatic carbocycles. The lowest BCUT2D eigenvalue weighted by Gasteiger charge is -2.01. The molecule has 0 saturated heterocycles. The van der Waals surface area contributed by atoms with Crippen LogP contribution in [0.25, 0.3) is 0 Å². The Bertz CT molecular complexity index is 577. The first kappa shape index (κ1) is 11.9. The topological polar surface area (TPSA) is 26.3 Å². The van der Waals surface area contributed by atoms with Crippen LogP contribution in [-0.4, -0.2) is 12.9 Å². The van der Waals surface area contributed by atoms with Gasteiger partial charge in [-0.1, -0.05) is 42.2 Å². The molecule has 0 fully saturated rings. The summed E-state index contributed by atoms with van der Waals surface area (Å²) in [6.07, 6.45) is 0.794. The van der Waals surface area contributed by atoms with Crippen molar-refractivity contribution in [2.45, 2.75) is 0 Å². The lowest BCUT2D eigenvalue weighted by atomic mass is 10.2. The number of ether oxygens (including phenoxy) is 1. The van der Waals surface area contributed by atoms with E-state index >= 15 is 0 Å². The summed E-state index contributed by atoms with van der Waals surface area (Å²) in [4.78, 5) is 10.6. The molecule has 2 aromatic carbocycles. The zero-order chi connectivity index (χ0) is 12.6. The molecule has 0 bridgehead atoms. The summed E-state index contributed by atoms with van der Waals surface area (Å²) in [5, 5.41) is 0. The lowest BCUT2D eigenvalue weighted by Crippen LogP contribution is -1.94. The molecular formula is C16H12O2.